The minimum Gasteiger partial charge on any atom is -0.480 e. The summed E-state index contributed by atoms with van der Waals surface area (Å²) in [6.45, 7) is 2.06. The van der Waals surface area contributed by atoms with Gasteiger partial charge >= 0.3 is 5.97 Å². The summed E-state index contributed by atoms with van der Waals surface area (Å²) in [6, 6.07) is 3.01. The van der Waals surface area contributed by atoms with Crippen molar-refractivity contribution < 1.29 is 19.1 Å². The van der Waals surface area contributed by atoms with E-state index in [4.69, 9.17) is 14.3 Å². The molecule has 0 saturated carbocycles. The average molecular weight is 227 g/mol. The maximum atomic E-state index is 10.9. The van der Waals surface area contributed by atoms with Crippen molar-refractivity contribution >= 4 is 5.97 Å². The van der Waals surface area contributed by atoms with E-state index < -0.39 is 12.0 Å². The normalized spacial score (nSPS) is 14.6. The lowest BCUT2D eigenvalue weighted by Gasteiger charge is -2.18. The highest BCUT2D eigenvalue weighted by molar-refractivity contribution is 5.73. The van der Waals surface area contributed by atoms with E-state index in [9.17, 15) is 4.79 Å². The predicted molar refractivity (Wildman–Crippen MR) is 58.3 cm³/mol. The summed E-state index contributed by atoms with van der Waals surface area (Å²) in [7, 11) is 1.48. The number of carbonyl (C=O) groups is 1. The van der Waals surface area contributed by atoms with Gasteiger partial charge in [0.05, 0.1) is 12.9 Å². The molecule has 1 rings (SSSR count). The molecule has 2 N–H and O–H groups in total. The minimum absolute atomic E-state index is 0.0161. The number of carboxylic acids is 1. The fourth-order valence-electron chi connectivity index (χ4n) is 1.49. The van der Waals surface area contributed by atoms with Crippen LogP contribution in [-0.2, 0) is 16.0 Å². The van der Waals surface area contributed by atoms with Crippen molar-refractivity contribution in [2.24, 2.45) is 0 Å². The zero-order valence-corrected chi connectivity index (χ0v) is 9.47. The van der Waals surface area contributed by atoms with Gasteiger partial charge in [-0.15, -0.1) is 0 Å². The fraction of sp³-hybridized carbons (Fsp3) is 0.545. The second kappa shape index (κ2) is 6.30. The van der Waals surface area contributed by atoms with E-state index in [0.29, 0.717) is 6.42 Å². The maximum absolute atomic E-state index is 10.9. The third-order valence-corrected chi connectivity index (χ3v) is 2.20. The first-order valence-corrected chi connectivity index (χ1v) is 5.13. The van der Waals surface area contributed by atoms with E-state index in [2.05, 4.69) is 5.32 Å². The van der Waals surface area contributed by atoms with E-state index in [1.165, 1.54) is 7.11 Å². The van der Waals surface area contributed by atoms with Crippen LogP contribution in [0.1, 0.15) is 12.7 Å². The standard InChI is InChI=1S/C11H17NO4/c1-8(6-9-4-3-5-16-9)12-10(7-15-2)11(13)14/h3-5,8,10,12H,6-7H2,1-2H3,(H,13,14). The number of ether oxygens (including phenoxy) is 1. The smallest absolute Gasteiger partial charge is 0.323 e. The number of rotatable bonds is 7. The van der Waals surface area contributed by atoms with Crippen molar-refractivity contribution in [1.82, 2.24) is 5.32 Å². The first kappa shape index (κ1) is 12.7. The number of carboxylic acid groups (broad SMARTS) is 1. The first-order chi connectivity index (χ1) is 7.63. The molecule has 90 valence electrons. The fourth-order valence-corrected chi connectivity index (χ4v) is 1.49. The summed E-state index contributed by atoms with van der Waals surface area (Å²) < 4.78 is 10.0. The number of hydrogen-bond donors (Lipinski definition) is 2. The zero-order valence-electron chi connectivity index (χ0n) is 9.47. The van der Waals surface area contributed by atoms with E-state index in [1.54, 1.807) is 6.26 Å². The molecule has 0 spiro atoms. The lowest BCUT2D eigenvalue weighted by Crippen LogP contribution is -2.45. The van der Waals surface area contributed by atoms with Crippen LogP contribution in [-0.4, -0.2) is 36.9 Å². The van der Waals surface area contributed by atoms with Crippen LogP contribution in [0.15, 0.2) is 22.8 Å². The Hall–Kier alpha value is -1.33. The van der Waals surface area contributed by atoms with Crippen molar-refractivity contribution in [2.75, 3.05) is 13.7 Å². The molecule has 16 heavy (non-hydrogen) atoms. The SMILES string of the molecule is COCC(NC(C)Cc1ccco1)C(=O)O. The summed E-state index contributed by atoms with van der Waals surface area (Å²) >= 11 is 0. The third-order valence-electron chi connectivity index (χ3n) is 2.20. The Morgan fingerprint density at radius 3 is 2.94 bits per heavy atom. The molecule has 0 bridgehead atoms. The Balaban J connectivity index is 2.42. The number of aliphatic carboxylic acids is 1. The molecule has 0 saturated heterocycles. The molecule has 5 nitrogen and oxygen atoms in total. The molecule has 0 aliphatic carbocycles. The summed E-state index contributed by atoms with van der Waals surface area (Å²) in [5, 5.41) is 11.9. The Morgan fingerprint density at radius 2 is 2.44 bits per heavy atom. The van der Waals surface area contributed by atoms with E-state index in [0.717, 1.165) is 5.76 Å². The summed E-state index contributed by atoms with van der Waals surface area (Å²) in [5.74, 6) is -0.0744. The summed E-state index contributed by atoms with van der Waals surface area (Å²) in [4.78, 5) is 10.9. The van der Waals surface area contributed by atoms with Crippen molar-refractivity contribution in [3.05, 3.63) is 24.2 Å². The van der Waals surface area contributed by atoms with Gasteiger partial charge in [0.25, 0.3) is 0 Å². The number of furan rings is 1. The molecule has 0 amide bonds. The Labute approximate surface area is 94.4 Å². The van der Waals surface area contributed by atoms with E-state index >= 15 is 0 Å². The van der Waals surface area contributed by atoms with Gasteiger partial charge in [0.1, 0.15) is 11.8 Å². The van der Waals surface area contributed by atoms with Crippen molar-refractivity contribution in [1.29, 1.82) is 0 Å². The minimum atomic E-state index is -0.909. The zero-order chi connectivity index (χ0) is 12.0. The largest absolute Gasteiger partial charge is 0.480 e. The molecule has 0 aromatic carbocycles. The van der Waals surface area contributed by atoms with Gasteiger partial charge in [0, 0.05) is 19.6 Å². The Kier molecular flexibility index (Phi) is 5.01. The highest BCUT2D eigenvalue weighted by atomic mass is 16.5. The lowest BCUT2D eigenvalue weighted by atomic mass is 10.1. The molecule has 0 aliphatic heterocycles. The van der Waals surface area contributed by atoms with Gasteiger partial charge in [-0.05, 0) is 19.1 Å². The van der Waals surface area contributed by atoms with Gasteiger partial charge in [-0.1, -0.05) is 0 Å². The van der Waals surface area contributed by atoms with Crippen LogP contribution in [0.2, 0.25) is 0 Å². The quantitative estimate of drug-likeness (QED) is 0.724. The van der Waals surface area contributed by atoms with Gasteiger partial charge in [0.2, 0.25) is 0 Å². The molecule has 1 aromatic heterocycles. The topological polar surface area (TPSA) is 71.7 Å². The molecule has 1 heterocycles. The molecule has 2 atom stereocenters. The highest BCUT2D eigenvalue weighted by Gasteiger charge is 2.19. The molecule has 0 radical (unpaired) electrons. The summed E-state index contributed by atoms with van der Waals surface area (Å²) in [6.07, 6.45) is 2.26. The van der Waals surface area contributed by atoms with Crippen molar-refractivity contribution in [3.63, 3.8) is 0 Å². The molecule has 5 heteroatoms. The number of nitrogens with one attached hydrogen (secondary N) is 1. The van der Waals surface area contributed by atoms with Gasteiger partial charge < -0.3 is 14.3 Å². The number of hydrogen-bond acceptors (Lipinski definition) is 4. The second-order valence-electron chi connectivity index (χ2n) is 3.70. The van der Waals surface area contributed by atoms with Crippen LogP contribution >= 0.6 is 0 Å². The molecule has 1 aromatic rings. The molecular weight excluding hydrogens is 210 g/mol. The lowest BCUT2D eigenvalue weighted by molar-refractivity contribution is -0.141. The van der Waals surface area contributed by atoms with Crippen molar-refractivity contribution in [2.45, 2.75) is 25.4 Å². The van der Waals surface area contributed by atoms with Crippen LogP contribution in [0.25, 0.3) is 0 Å². The van der Waals surface area contributed by atoms with E-state index in [-0.39, 0.29) is 12.6 Å². The third kappa shape index (κ3) is 4.04. The van der Waals surface area contributed by atoms with Gasteiger partial charge in [-0.2, -0.15) is 0 Å². The molecule has 0 fully saturated rings. The summed E-state index contributed by atoms with van der Waals surface area (Å²) in [5.41, 5.74) is 0. The highest BCUT2D eigenvalue weighted by Crippen LogP contribution is 2.04. The van der Waals surface area contributed by atoms with Crippen molar-refractivity contribution in [3.8, 4) is 0 Å². The Morgan fingerprint density at radius 1 is 1.69 bits per heavy atom. The van der Waals surface area contributed by atoms with Crippen LogP contribution in [0.4, 0.5) is 0 Å². The predicted octanol–water partition coefficient (Wildman–Crippen LogP) is 0.900. The van der Waals surface area contributed by atoms with Crippen LogP contribution < -0.4 is 5.32 Å². The van der Waals surface area contributed by atoms with Crippen LogP contribution in [0.5, 0.6) is 0 Å². The van der Waals surface area contributed by atoms with E-state index in [1.807, 2.05) is 19.1 Å². The van der Waals surface area contributed by atoms with Crippen LogP contribution in [0, 0.1) is 0 Å². The first-order valence-electron chi connectivity index (χ1n) is 5.13. The van der Waals surface area contributed by atoms with Gasteiger partial charge in [-0.3, -0.25) is 10.1 Å². The van der Waals surface area contributed by atoms with Gasteiger partial charge in [0.15, 0.2) is 0 Å². The molecular formula is C11H17NO4. The monoisotopic (exact) mass is 227 g/mol. The van der Waals surface area contributed by atoms with Gasteiger partial charge in [-0.25, -0.2) is 0 Å². The maximum Gasteiger partial charge on any atom is 0.323 e. The van der Waals surface area contributed by atoms with Crippen LogP contribution in [0.3, 0.4) is 0 Å². The second-order valence-corrected chi connectivity index (χ2v) is 3.70. The molecule has 2 unspecified atom stereocenters. The number of methoxy groups -OCH3 is 1. The Bertz CT molecular complexity index is 310. The average Bonchev–Trinajstić information content (AvgIpc) is 2.69. The molecule has 0 aliphatic rings.